The molecule has 0 aliphatic carbocycles. The molecule has 82 valence electrons. The van der Waals surface area contributed by atoms with Gasteiger partial charge in [0.15, 0.2) is 23.1 Å². The van der Waals surface area contributed by atoms with E-state index in [4.69, 9.17) is 19.7 Å². The van der Waals surface area contributed by atoms with Crippen LogP contribution in [0.25, 0.3) is 11.3 Å². The van der Waals surface area contributed by atoms with Gasteiger partial charge in [0.2, 0.25) is 6.79 Å². The number of benzene rings is 1. The van der Waals surface area contributed by atoms with Crippen molar-refractivity contribution < 1.29 is 18.4 Å². The molecule has 0 amide bonds. The molecule has 0 bridgehead atoms. The lowest BCUT2D eigenvalue weighted by Gasteiger charge is -2.00. The smallest absolute Gasteiger partial charge is 0.231 e. The zero-order valence-electron chi connectivity index (χ0n) is 8.07. The highest BCUT2D eigenvalue weighted by Gasteiger charge is 2.20. The van der Waals surface area contributed by atoms with Crippen LogP contribution in [0.5, 0.6) is 11.5 Å². The standard InChI is InChI=1S/C10H7FN2O3/c11-6-2-9-8(14-4-15-9)1-5(6)7-3-10(12)13-16-7/h1-3H,4H2,(H2,12,13). The van der Waals surface area contributed by atoms with Crippen LogP contribution in [0.3, 0.4) is 0 Å². The Bertz CT molecular complexity index is 553. The summed E-state index contributed by atoms with van der Waals surface area (Å²) < 4.78 is 28.7. The van der Waals surface area contributed by atoms with E-state index in [0.29, 0.717) is 11.5 Å². The average molecular weight is 222 g/mol. The lowest BCUT2D eigenvalue weighted by atomic mass is 10.1. The van der Waals surface area contributed by atoms with Gasteiger partial charge in [-0.25, -0.2) is 4.39 Å². The fourth-order valence-corrected chi connectivity index (χ4v) is 1.52. The second-order valence-electron chi connectivity index (χ2n) is 3.30. The maximum Gasteiger partial charge on any atom is 0.231 e. The number of halogens is 1. The lowest BCUT2D eigenvalue weighted by molar-refractivity contribution is 0.174. The summed E-state index contributed by atoms with van der Waals surface area (Å²) in [4.78, 5) is 0. The average Bonchev–Trinajstić information content (AvgIpc) is 2.84. The summed E-state index contributed by atoms with van der Waals surface area (Å²) >= 11 is 0. The third-order valence-electron chi connectivity index (χ3n) is 2.26. The second-order valence-corrected chi connectivity index (χ2v) is 3.30. The molecule has 6 heteroatoms. The Labute approximate surface area is 89.5 Å². The van der Waals surface area contributed by atoms with Crippen molar-refractivity contribution in [1.82, 2.24) is 5.16 Å². The summed E-state index contributed by atoms with van der Waals surface area (Å²) in [5.41, 5.74) is 5.64. The molecule has 2 N–H and O–H groups in total. The highest BCUT2D eigenvalue weighted by molar-refractivity contribution is 5.65. The SMILES string of the molecule is Nc1cc(-c2cc3c(cc2F)OCO3)on1. The molecule has 0 radical (unpaired) electrons. The fourth-order valence-electron chi connectivity index (χ4n) is 1.52. The van der Waals surface area contributed by atoms with E-state index in [9.17, 15) is 4.39 Å². The van der Waals surface area contributed by atoms with E-state index < -0.39 is 5.82 Å². The third-order valence-corrected chi connectivity index (χ3v) is 2.26. The van der Waals surface area contributed by atoms with Gasteiger partial charge in [-0.2, -0.15) is 0 Å². The number of aromatic nitrogens is 1. The predicted molar refractivity (Wildman–Crippen MR) is 52.4 cm³/mol. The number of nitrogens with two attached hydrogens (primary N) is 1. The molecule has 2 aromatic rings. The molecule has 2 heterocycles. The Morgan fingerprint density at radius 1 is 1.19 bits per heavy atom. The summed E-state index contributed by atoms with van der Waals surface area (Å²) in [6.45, 7) is 0.0940. The predicted octanol–water partition coefficient (Wildman–Crippen LogP) is 1.79. The van der Waals surface area contributed by atoms with E-state index in [1.807, 2.05) is 0 Å². The van der Waals surface area contributed by atoms with Gasteiger partial charge >= 0.3 is 0 Å². The van der Waals surface area contributed by atoms with E-state index in [0.717, 1.165) is 0 Å². The quantitative estimate of drug-likeness (QED) is 0.796. The van der Waals surface area contributed by atoms with Crippen LogP contribution in [0.4, 0.5) is 10.2 Å². The van der Waals surface area contributed by atoms with Crippen molar-refractivity contribution in [2.75, 3.05) is 12.5 Å². The number of fused-ring (bicyclic) bond motifs is 1. The van der Waals surface area contributed by atoms with Crippen LogP contribution in [0.1, 0.15) is 0 Å². The van der Waals surface area contributed by atoms with Gasteiger partial charge in [0.05, 0.1) is 5.56 Å². The zero-order chi connectivity index (χ0) is 11.1. The van der Waals surface area contributed by atoms with Crippen LogP contribution in [-0.2, 0) is 0 Å². The van der Waals surface area contributed by atoms with Crippen molar-refractivity contribution in [3.8, 4) is 22.8 Å². The molecule has 1 aliphatic heterocycles. The van der Waals surface area contributed by atoms with Gasteiger partial charge in [-0.1, -0.05) is 5.16 Å². The molecule has 0 saturated carbocycles. The van der Waals surface area contributed by atoms with E-state index in [1.54, 1.807) is 0 Å². The van der Waals surface area contributed by atoms with Crippen LogP contribution in [-0.4, -0.2) is 11.9 Å². The molecule has 0 spiro atoms. The van der Waals surface area contributed by atoms with Crippen molar-refractivity contribution in [2.45, 2.75) is 0 Å². The number of hydrogen-bond acceptors (Lipinski definition) is 5. The third kappa shape index (κ3) is 1.27. The van der Waals surface area contributed by atoms with Gasteiger partial charge in [0, 0.05) is 12.1 Å². The molecule has 1 aromatic heterocycles. The monoisotopic (exact) mass is 222 g/mol. The van der Waals surface area contributed by atoms with Gasteiger partial charge in [0.25, 0.3) is 0 Å². The van der Waals surface area contributed by atoms with Crippen molar-refractivity contribution in [1.29, 1.82) is 0 Å². The number of nitrogens with zero attached hydrogens (tertiary/aromatic N) is 1. The molecule has 0 fully saturated rings. The van der Waals surface area contributed by atoms with Gasteiger partial charge in [-0.05, 0) is 6.07 Å². The maximum atomic E-state index is 13.7. The number of nitrogen functional groups attached to an aromatic ring is 1. The molecule has 0 saturated heterocycles. The number of anilines is 1. The summed E-state index contributed by atoms with van der Waals surface area (Å²) in [6, 6.07) is 4.19. The topological polar surface area (TPSA) is 70.5 Å². The molecular weight excluding hydrogens is 215 g/mol. The van der Waals surface area contributed by atoms with Crippen molar-refractivity contribution in [3.63, 3.8) is 0 Å². The Kier molecular flexibility index (Phi) is 1.76. The molecule has 16 heavy (non-hydrogen) atoms. The van der Waals surface area contributed by atoms with Crippen LogP contribution < -0.4 is 15.2 Å². The van der Waals surface area contributed by atoms with Crippen LogP contribution in [0, 0.1) is 5.82 Å². The number of ether oxygens (including phenoxy) is 2. The minimum atomic E-state index is -0.472. The van der Waals surface area contributed by atoms with Crippen LogP contribution >= 0.6 is 0 Å². The maximum absolute atomic E-state index is 13.7. The second kappa shape index (κ2) is 3.13. The molecule has 1 aliphatic rings. The minimum Gasteiger partial charge on any atom is -0.454 e. The first-order valence-electron chi connectivity index (χ1n) is 4.56. The summed E-state index contributed by atoms with van der Waals surface area (Å²) in [7, 11) is 0. The molecule has 1 aromatic carbocycles. The highest BCUT2D eigenvalue weighted by atomic mass is 19.1. The molecule has 0 atom stereocenters. The van der Waals surface area contributed by atoms with E-state index >= 15 is 0 Å². The van der Waals surface area contributed by atoms with Crippen LogP contribution in [0.15, 0.2) is 22.7 Å². The van der Waals surface area contributed by atoms with E-state index in [2.05, 4.69) is 5.16 Å². The number of rotatable bonds is 1. The zero-order valence-corrected chi connectivity index (χ0v) is 8.07. The Morgan fingerprint density at radius 3 is 2.62 bits per heavy atom. The van der Waals surface area contributed by atoms with Gasteiger partial charge < -0.3 is 19.7 Å². The Morgan fingerprint density at radius 2 is 1.94 bits per heavy atom. The summed E-state index contributed by atoms with van der Waals surface area (Å²) in [5, 5.41) is 3.49. The van der Waals surface area contributed by atoms with Crippen molar-refractivity contribution >= 4 is 5.82 Å². The lowest BCUT2D eigenvalue weighted by Crippen LogP contribution is -1.92. The van der Waals surface area contributed by atoms with E-state index in [1.165, 1.54) is 18.2 Å². The highest BCUT2D eigenvalue weighted by Crippen LogP contribution is 2.38. The molecule has 3 rings (SSSR count). The largest absolute Gasteiger partial charge is 0.454 e. The Hall–Kier alpha value is -2.24. The minimum absolute atomic E-state index is 0.0940. The first-order chi connectivity index (χ1) is 7.74. The number of hydrogen-bond donors (Lipinski definition) is 1. The van der Waals surface area contributed by atoms with Gasteiger partial charge in [0.1, 0.15) is 5.82 Å². The van der Waals surface area contributed by atoms with Gasteiger partial charge in [-0.3, -0.25) is 0 Å². The normalized spacial score (nSPS) is 13.1. The summed E-state index contributed by atoms with van der Waals surface area (Å²) in [5.74, 6) is 0.848. The molecular formula is C10H7FN2O3. The fraction of sp³-hybridized carbons (Fsp3) is 0.100. The summed E-state index contributed by atoms with van der Waals surface area (Å²) in [6.07, 6.45) is 0. The first kappa shape index (κ1) is 9.02. The van der Waals surface area contributed by atoms with Crippen molar-refractivity contribution in [2.24, 2.45) is 0 Å². The first-order valence-corrected chi connectivity index (χ1v) is 4.56. The Balaban J connectivity index is 2.14. The van der Waals surface area contributed by atoms with Crippen LogP contribution in [0.2, 0.25) is 0 Å². The molecule has 5 nitrogen and oxygen atoms in total. The molecule has 0 unspecified atom stereocenters. The van der Waals surface area contributed by atoms with Crippen molar-refractivity contribution in [3.05, 3.63) is 24.0 Å². The van der Waals surface area contributed by atoms with Gasteiger partial charge in [-0.15, -0.1) is 0 Å². The van der Waals surface area contributed by atoms with E-state index in [-0.39, 0.29) is 23.9 Å².